The van der Waals surface area contributed by atoms with E-state index in [1.54, 1.807) is 13.0 Å². The standard InChI is InChI=1S/C14H16N2O2/c1-4-9-16-12(17)14(3,15-13(16)18)11-7-5-10(2)6-8-11/h4-8H,1,9H2,2-3H3,(H,15,18). The zero-order valence-electron chi connectivity index (χ0n) is 10.6. The van der Waals surface area contributed by atoms with Gasteiger partial charge in [-0.3, -0.25) is 9.69 Å². The fourth-order valence-corrected chi connectivity index (χ4v) is 2.07. The Labute approximate surface area is 106 Å². The first kappa shape index (κ1) is 12.4. The van der Waals surface area contributed by atoms with E-state index in [-0.39, 0.29) is 18.5 Å². The Balaban J connectivity index is 2.38. The van der Waals surface area contributed by atoms with Crippen molar-refractivity contribution in [2.75, 3.05) is 6.54 Å². The molecule has 1 fully saturated rings. The summed E-state index contributed by atoms with van der Waals surface area (Å²) in [6.07, 6.45) is 1.54. The van der Waals surface area contributed by atoms with E-state index in [1.165, 1.54) is 4.90 Å². The molecule has 1 aromatic carbocycles. The highest BCUT2D eigenvalue weighted by Gasteiger charge is 2.48. The molecular formula is C14H16N2O2. The molecule has 94 valence electrons. The maximum atomic E-state index is 12.3. The van der Waals surface area contributed by atoms with Crippen LogP contribution in [-0.4, -0.2) is 23.4 Å². The summed E-state index contributed by atoms with van der Waals surface area (Å²) in [7, 11) is 0. The van der Waals surface area contributed by atoms with Gasteiger partial charge in [-0.15, -0.1) is 6.58 Å². The molecular weight excluding hydrogens is 228 g/mol. The Bertz CT molecular complexity index is 507. The van der Waals surface area contributed by atoms with Gasteiger partial charge in [-0.2, -0.15) is 0 Å². The van der Waals surface area contributed by atoms with Gasteiger partial charge in [0.25, 0.3) is 5.91 Å². The molecule has 1 heterocycles. The zero-order valence-corrected chi connectivity index (χ0v) is 10.6. The molecule has 3 amide bonds. The van der Waals surface area contributed by atoms with Gasteiger partial charge in [0.05, 0.1) is 0 Å². The van der Waals surface area contributed by atoms with E-state index >= 15 is 0 Å². The molecule has 0 saturated carbocycles. The van der Waals surface area contributed by atoms with Crippen molar-refractivity contribution in [1.29, 1.82) is 0 Å². The maximum absolute atomic E-state index is 12.3. The molecule has 18 heavy (non-hydrogen) atoms. The number of amides is 3. The minimum absolute atomic E-state index is 0.228. The summed E-state index contributed by atoms with van der Waals surface area (Å²) in [5, 5.41) is 2.74. The van der Waals surface area contributed by atoms with Gasteiger partial charge in [0.1, 0.15) is 5.54 Å². The minimum Gasteiger partial charge on any atom is -0.319 e. The van der Waals surface area contributed by atoms with E-state index in [2.05, 4.69) is 11.9 Å². The summed E-state index contributed by atoms with van der Waals surface area (Å²) in [6, 6.07) is 7.21. The fraction of sp³-hybridized carbons (Fsp3) is 0.286. The number of nitrogens with one attached hydrogen (secondary N) is 1. The van der Waals surface area contributed by atoms with Gasteiger partial charge in [-0.25, -0.2) is 4.79 Å². The van der Waals surface area contributed by atoms with Crippen LogP contribution in [0.25, 0.3) is 0 Å². The number of benzene rings is 1. The quantitative estimate of drug-likeness (QED) is 0.652. The van der Waals surface area contributed by atoms with Crippen molar-refractivity contribution in [1.82, 2.24) is 10.2 Å². The smallest absolute Gasteiger partial charge is 0.319 e. The first-order valence-corrected chi connectivity index (χ1v) is 5.81. The maximum Gasteiger partial charge on any atom is 0.325 e. The summed E-state index contributed by atoms with van der Waals surface area (Å²) in [6.45, 7) is 7.48. The molecule has 4 heteroatoms. The first-order chi connectivity index (χ1) is 8.49. The Kier molecular flexibility index (Phi) is 2.95. The van der Waals surface area contributed by atoms with Gasteiger partial charge in [0.2, 0.25) is 0 Å². The number of hydrogen-bond acceptors (Lipinski definition) is 2. The lowest BCUT2D eigenvalue weighted by atomic mass is 9.91. The Morgan fingerprint density at radius 3 is 2.50 bits per heavy atom. The number of aryl methyl sites for hydroxylation is 1. The summed E-state index contributed by atoms with van der Waals surface area (Å²) in [5.41, 5.74) is 0.924. The summed E-state index contributed by atoms with van der Waals surface area (Å²) in [5.74, 6) is -0.240. The van der Waals surface area contributed by atoms with Crippen molar-refractivity contribution in [2.24, 2.45) is 0 Å². The van der Waals surface area contributed by atoms with Gasteiger partial charge in [0, 0.05) is 6.54 Å². The number of rotatable bonds is 3. The van der Waals surface area contributed by atoms with Crippen LogP contribution in [0.1, 0.15) is 18.1 Å². The topological polar surface area (TPSA) is 49.4 Å². The molecule has 1 atom stereocenters. The van der Waals surface area contributed by atoms with Crippen molar-refractivity contribution >= 4 is 11.9 Å². The number of carbonyl (C=O) groups is 2. The van der Waals surface area contributed by atoms with E-state index in [0.717, 1.165) is 11.1 Å². The molecule has 0 spiro atoms. The van der Waals surface area contributed by atoms with E-state index in [4.69, 9.17) is 0 Å². The first-order valence-electron chi connectivity index (χ1n) is 5.81. The summed E-state index contributed by atoms with van der Waals surface area (Å²) in [4.78, 5) is 25.3. The second-order valence-corrected chi connectivity index (χ2v) is 4.63. The molecule has 0 aromatic heterocycles. The average Bonchev–Trinajstić information content (AvgIpc) is 2.55. The van der Waals surface area contributed by atoms with Crippen LogP contribution in [0.5, 0.6) is 0 Å². The largest absolute Gasteiger partial charge is 0.325 e. The monoisotopic (exact) mass is 244 g/mol. The van der Waals surface area contributed by atoms with Crippen LogP contribution in [0.15, 0.2) is 36.9 Å². The summed E-state index contributed by atoms with van der Waals surface area (Å²) >= 11 is 0. The van der Waals surface area contributed by atoms with Crippen LogP contribution in [0, 0.1) is 6.92 Å². The minimum atomic E-state index is -0.978. The predicted octanol–water partition coefficient (Wildman–Crippen LogP) is 1.95. The summed E-state index contributed by atoms with van der Waals surface area (Å²) < 4.78 is 0. The lowest BCUT2D eigenvalue weighted by molar-refractivity contribution is -0.130. The van der Waals surface area contributed by atoms with E-state index in [0.29, 0.717) is 0 Å². The fourth-order valence-electron chi connectivity index (χ4n) is 2.07. The molecule has 0 bridgehead atoms. The van der Waals surface area contributed by atoms with Crippen LogP contribution < -0.4 is 5.32 Å². The van der Waals surface area contributed by atoms with Crippen LogP contribution in [-0.2, 0) is 10.3 Å². The van der Waals surface area contributed by atoms with E-state index in [1.807, 2.05) is 31.2 Å². The molecule has 1 saturated heterocycles. The third kappa shape index (κ3) is 1.79. The average molecular weight is 244 g/mol. The molecule has 4 nitrogen and oxygen atoms in total. The Morgan fingerprint density at radius 2 is 1.94 bits per heavy atom. The second-order valence-electron chi connectivity index (χ2n) is 4.63. The number of carbonyl (C=O) groups excluding carboxylic acids is 2. The molecule has 1 aromatic rings. The number of hydrogen-bond donors (Lipinski definition) is 1. The molecule has 0 aliphatic carbocycles. The van der Waals surface area contributed by atoms with Crippen LogP contribution >= 0.6 is 0 Å². The third-order valence-corrected chi connectivity index (χ3v) is 3.22. The molecule has 1 N–H and O–H groups in total. The lowest BCUT2D eigenvalue weighted by Crippen LogP contribution is -2.40. The highest BCUT2D eigenvalue weighted by molar-refractivity contribution is 6.07. The van der Waals surface area contributed by atoms with E-state index in [9.17, 15) is 9.59 Å². The molecule has 1 unspecified atom stereocenters. The van der Waals surface area contributed by atoms with Crippen LogP contribution in [0.2, 0.25) is 0 Å². The zero-order chi connectivity index (χ0) is 13.3. The molecule has 2 rings (SSSR count). The molecule has 0 radical (unpaired) electrons. The van der Waals surface area contributed by atoms with Gasteiger partial charge in [0.15, 0.2) is 0 Å². The van der Waals surface area contributed by atoms with Crippen molar-refractivity contribution in [3.05, 3.63) is 48.0 Å². The number of urea groups is 1. The van der Waals surface area contributed by atoms with E-state index < -0.39 is 5.54 Å². The molecule has 1 aliphatic rings. The highest BCUT2D eigenvalue weighted by atomic mass is 16.2. The third-order valence-electron chi connectivity index (χ3n) is 3.22. The van der Waals surface area contributed by atoms with Crippen LogP contribution in [0.3, 0.4) is 0 Å². The van der Waals surface area contributed by atoms with Crippen molar-refractivity contribution < 1.29 is 9.59 Å². The SMILES string of the molecule is C=CCN1C(=O)NC(C)(c2ccc(C)cc2)C1=O. The lowest BCUT2D eigenvalue weighted by Gasteiger charge is -2.22. The van der Waals surface area contributed by atoms with Gasteiger partial charge < -0.3 is 5.32 Å². The van der Waals surface area contributed by atoms with Crippen LogP contribution in [0.4, 0.5) is 4.79 Å². The van der Waals surface area contributed by atoms with Gasteiger partial charge in [-0.05, 0) is 19.4 Å². The predicted molar refractivity (Wildman–Crippen MR) is 69.0 cm³/mol. The molecule has 1 aliphatic heterocycles. The van der Waals surface area contributed by atoms with Crippen molar-refractivity contribution in [3.8, 4) is 0 Å². The second kappa shape index (κ2) is 4.29. The number of nitrogens with zero attached hydrogens (tertiary/aromatic N) is 1. The van der Waals surface area contributed by atoms with Crippen molar-refractivity contribution in [3.63, 3.8) is 0 Å². The van der Waals surface area contributed by atoms with Crippen molar-refractivity contribution in [2.45, 2.75) is 19.4 Å². The Morgan fingerprint density at radius 1 is 1.33 bits per heavy atom. The number of imide groups is 1. The van der Waals surface area contributed by atoms with Gasteiger partial charge >= 0.3 is 6.03 Å². The normalized spacial score (nSPS) is 23.1. The Hall–Kier alpha value is -2.10. The highest BCUT2D eigenvalue weighted by Crippen LogP contribution is 2.28. The van der Waals surface area contributed by atoms with Gasteiger partial charge in [-0.1, -0.05) is 35.9 Å².